The summed E-state index contributed by atoms with van der Waals surface area (Å²) >= 11 is 0. The molecule has 0 spiro atoms. The number of hydrogen-bond donors (Lipinski definition) is 0. The summed E-state index contributed by atoms with van der Waals surface area (Å²) < 4.78 is 37.7. The molecule has 23 heavy (non-hydrogen) atoms. The highest BCUT2D eigenvalue weighted by Gasteiger charge is 2.33. The van der Waals surface area contributed by atoms with Gasteiger partial charge in [-0.1, -0.05) is 0 Å². The van der Waals surface area contributed by atoms with Crippen molar-refractivity contribution >= 4 is 10.0 Å². The first kappa shape index (κ1) is 18.0. The van der Waals surface area contributed by atoms with E-state index in [0.29, 0.717) is 24.6 Å². The molecule has 0 unspecified atom stereocenters. The average molecular weight is 342 g/mol. The van der Waals surface area contributed by atoms with Gasteiger partial charge in [0.1, 0.15) is 16.4 Å². The lowest BCUT2D eigenvalue weighted by atomic mass is 10.1. The Labute approximate surface area is 139 Å². The van der Waals surface area contributed by atoms with E-state index in [1.807, 2.05) is 0 Å². The van der Waals surface area contributed by atoms with Crippen molar-refractivity contribution in [3.63, 3.8) is 0 Å². The van der Waals surface area contributed by atoms with Crippen molar-refractivity contribution < 1.29 is 17.9 Å². The molecule has 0 aliphatic carbocycles. The standard InChI is InChI=1S/C16H26N2O4S/c1-16(2,3)17-8-10-18(11-9-17)23(19,20)15-7-6-13(21-4)12-14(15)22-5/h6-7,12H,8-11H2,1-5H3. The topological polar surface area (TPSA) is 59.1 Å². The Balaban J connectivity index is 2.23. The maximum absolute atomic E-state index is 12.9. The summed E-state index contributed by atoms with van der Waals surface area (Å²) in [6, 6.07) is 4.78. The highest BCUT2D eigenvalue weighted by atomic mass is 32.2. The van der Waals surface area contributed by atoms with Gasteiger partial charge in [0, 0.05) is 37.8 Å². The van der Waals surface area contributed by atoms with E-state index in [9.17, 15) is 8.42 Å². The number of hydrogen-bond acceptors (Lipinski definition) is 5. The van der Waals surface area contributed by atoms with E-state index in [1.165, 1.54) is 18.5 Å². The summed E-state index contributed by atoms with van der Waals surface area (Å²) in [6.07, 6.45) is 0. The van der Waals surface area contributed by atoms with E-state index in [2.05, 4.69) is 25.7 Å². The van der Waals surface area contributed by atoms with Crippen LogP contribution in [0.1, 0.15) is 20.8 Å². The van der Waals surface area contributed by atoms with Gasteiger partial charge in [-0.2, -0.15) is 4.31 Å². The predicted molar refractivity (Wildman–Crippen MR) is 89.6 cm³/mol. The lowest BCUT2D eigenvalue weighted by molar-refractivity contribution is 0.0921. The van der Waals surface area contributed by atoms with Gasteiger partial charge in [0.25, 0.3) is 0 Å². The van der Waals surface area contributed by atoms with Crippen LogP contribution in [0.2, 0.25) is 0 Å². The van der Waals surface area contributed by atoms with Crippen LogP contribution in [0, 0.1) is 0 Å². The van der Waals surface area contributed by atoms with Crippen LogP contribution < -0.4 is 9.47 Å². The summed E-state index contributed by atoms with van der Waals surface area (Å²) in [6.45, 7) is 8.84. The Morgan fingerprint density at radius 1 is 1.00 bits per heavy atom. The SMILES string of the molecule is COc1ccc(S(=O)(=O)N2CCN(C(C)(C)C)CC2)c(OC)c1. The molecule has 1 fully saturated rings. The number of rotatable bonds is 4. The highest BCUT2D eigenvalue weighted by Crippen LogP contribution is 2.31. The molecule has 7 heteroatoms. The lowest BCUT2D eigenvalue weighted by Crippen LogP contribution is -2.54. The molecule has 2 rings (SSSR count). The maximum atomic E-state index is 12.9. The van der Waals surface area contributed by atoms with Crippen molar-refractivity contribution in [2.24, 2.45) is 0 Å². The molecule has 1 heterocycles. The van der Waals surface area contributed by atoms with E-state index >= 15 is 0 Å². The van der Waals surface area contributed by atoms with Crippen molar-refractivity contribution in [1.82, 2.24) is 9.21 Å². The molecule has 1 aliphatic rings. The smallest absolute Gasteiger partial charge is 0.246 e. The van der Waals surface area contributed by atoms with E-state index < -0.39 is 10.0 Å². The van der Waals surface area contributed by atoms with Crippen LogP contribution in [-0.4, -0.2) is 63.6 Å². The van der Waals surface area contributed by atoms with Crippen LogP contribution >= 0.6 is 0 Å². The molecule has 1 aromatic carbocycles. The fraction of sp³-hybridized carbons (Fsp3) is 0.625. The van der Waals surface area contributed by atoms with Crippen LogP contribution in [0.4, 0.5) is 0 Å². The van der Waals surface area contributed by atoms with E-state index in [1.54, 1.807) is 18.2 Å². The summed E-state index contributed by atoms with van der Waals surface area (Å²) in [7, 11) is -0.573. The summed E-state index contributed by atoms with van der Waals surface area (Å²) in [4.78, 5) is 2.48. The number of nitrogens with zero attached hydrogens (tertiary/aromatic N) is 2. The quantitative estimate of drug-likeness (QED) is 0.835. The van der Waals surface area contributed by atoms with Gasteiger partial charge < -0.3 is 9.47 Å². The van der Waals surface area contributed by atoms with Gasteiger partial charge in [0.2, 0.25) is 10.0 Å². The van der Waals surface area contributed by atoms with Crippen LogP contribution in [-0.2, 0) is 10.0 Å². The zero-order chi connectivity index (χ0) is 17.3. The molecule has 0 atom stereocenters. The van der Waals surface area contributed by atoms with Crippen molar-refractivity contribution in [3.8, 4) is 11.5 Å². The van der Waals surface area contributed by atoms with E-state index in [-0.39, 0.29) is 10.4 Å². The molecule has 0 N–H and O–H groups in total. The van der Waals surface area contributed by atoms with E-state index in [0.717, 1.165) is 13.1 Å². The second-order valence-electron chi connectivity index (χ2n) is 6.58. The summed E-state index contributed by atoms with van der Waals surface area (Å²) in [5.74, 6) is 0.876. The minimum Gasteiger partial charge on any atom is -0.497 e. The maximum Gasteiger partial charge on any atom is 0.246 e. The third kappa shape index (κ3) is 3.79. The van der Waals surface area contributed by atoms with Gasteiger partial charge in [0.15, 0.2) is 0 Å². The number of piperazine rings is 1. The Kier molecular flexibility index (Phi) is 5.23. The van der Waals surface area contributed by atoms with Crippen LogP contribution in [0.3, 0.4) is 0 Å². The third-order valence-corrected chi connectivity index (χ3v) is 6.11. The molecule has 0 amide bonds. The average Bonchev–Trinajstić information content (AvgIpc) is 2.53. The van der Waals surface area contributed by atoms with Gasteiger partial charge in [-0.15, -0.1) is 0 Å². The Hall–Kier alpha value is -1.31. The molecule has 130 valence electrons. The number of methoxy groups -OCH3 is 2. The molecular formula is C16H26N2O4S. The zero-order valence-electron chi connectivity index (χ0n) is 14.5. The predicted octanol–water partition coefficient (Wildman–Crippen LogP) is 1.81. The van der Waals surface area contributed by atoms with Gasteiger partial charge in [-0.05, 0) is 32.9 Å². The Bertz CT molecular complexity index is 645. The Morgan fingerprint density at radius 3 is 2.09 bits per heavy atom. The van der Waals surface area contributed by atoms with Crippen molar-refractivity contribution in [1.29, 1.82) is 0 Å². The monoisotopic (exact) mass is 342 g/mol. The number of ether oxygens (including phenoxy) is 2. The molecule has 0 saturated carbocycles. The summed E-state index contributed by atoms with van der Waals surface area (Å²) in [5.41, 5.74) is 0.0493. The van der Waals surface area contributed by atoms with Gasteiger partial charge in [-0.25, -0.2) is 8.42 Å². The van der Waals surface area contributed by atoms with Crippen LogP contribution in [0.15, 0.2) is 23.1 Å². The molecule has 1 saturated heterocycles. The Morgan fingerprint density at radius 2 is 1.61 bits per heavy atom. The van der Waals surface area contributed by atoms with Crippen LogP contribution in [0.5, 0.6) is 11.5 Å². The van der Waals surface area contributed by atoms with E-state index in [4.69, 9.17) is 9.47 Å². The van der Waals surface area contributed by atoms with Gasteiger partial charge in [-0.3, -0.25) is 4.90 Å². The molecule has 1 aliphatic heterocycles. The molecule has 0 radical (unpaired) electrons. The van der Waals surface area contributed by atoms with Crippen molar-refractivity contribution in [2.75, 3.05) is 40.4 Å². The minimum atomic E-state index is -3.57. The molecular weight excluding hydrogens is 316 g/mol. The minimum absolute atomic E-state index is 0.0493. The van der Waals surface area contributed by atoms with Crippen LogP contribution in [0.25, 0.3) is 0 Å². The number of sulfonamides is 1. The lowest BCUT2D eigenvalue weighted by Gasteiger charge is -2.41. The normalized spacial score (nSPS) is 18.0. The van der Waals surface area contributed by atoms with Gasteiger partial charge >= 0.3 is 0 Å². The number of benzene rings is 1. The second kappa shape index (κ2) is 6.67. The molecule has 6 nitrogen and oxygen atoms in total. The van der Waals surface area contributed by atoms with Crippen molar-refractivity contribution in [3.05, 3.63) is 18.2 Å². The largest absolute Gasteiger partial charge is 0.497 e. The molecule has 0 aromatic heterocycles. The zero-order valence-corrected chi connectivity index (χ0v) is 15.3. The fourth-order valence-corrected chi connectivity index (χ4v) is 4.29. The summed E-state index contributed by atoms with van der Waals surface area (Å²) in [5, 5.41) is 0. The highest BCUT2D eigenvalue weighted by molar-refractivity contribution is 7.89. The third-order valence-electron chi connectivity index (χ3n) is 4.18. The first-order valence-corrected chi connectivity index (χ1v) is 9.11. The first-order valence-electron chi connectivity index (χ1n) is 7.67. The second-order valence-corrected chi connectivity index (χ2v) is 8.49. The molecule has 0 bridgehead atoms. The van der Waals surface area contributed by atoms with Gasteiger partial charge in [0.05, 0.1) is 14.2 Å². The van der Waals surface area contributed by atoms with Crippen molar-refractivity contribution in [2.45, 2.75) is 31.2 Å². The fourth-order valence-electron chi connectivity index (χ4n) is 2.73. The molecule has 1 aromatic rings. The first-order chi connectivity index (χ1) is 10.7.